The van der Waals surface area contributed by atoms with Gasteiger partial charge in [0.15, 0.2) is 12.4 Å². The summed E-state index contributed by atoms with van der Waals surface area (Å²) in [6, 6.07) is 11.2. The van der Waals surface area contributed by atoms with Crippen molar-refractivity contribution in [1.29, 1.82) is 0 Å². The summed E-state index contributed by atoms with van der Waals surface area (Å²) in [6.07, 6.45) is 0.342. The Morgan fingerprint density at radius 1 is 1.00 bits per heavy atom. The number of hydrogen-bond acceptors (Lipinski definition) is 5. The summed E-state index contributed by atoms with van der Waals surface area (Å²) in [5.41, 5.74) is 1.84. The summed E-state index contributed by atoms with van der Waals surface area (Å²) in [5, 5.41) is 2.66. The molecule has 0 radical (unpaired) electrons. The summed E-state index contributed by atoms with van der Waals surface area (Å²) in [6.45, 7) is 7.71. The van der Waals surface area contributed by atoms with Crippen molar-refractivity contribution in [3.05, 3.63) is 53.6 Å². The van der Waals surface area contributed by atoms with Crippen LogP contribution in [0.25, 0.3) is 0 Å². The van der Waals surface area contributed by atoms with E-state index in [2.05, 4.69) is 5.32 Å². The summed E-state index contributed by atoms with van der Waals surface area (Å²) in [5.74, 6) is -0.104. The van der Waals surface area contributed by atoms with Crippen LogP contribution in [0.2, 0.25) is 0 Å². The molecule has 0 fully saturated rings. The second-order valence-corrected chi connectivity index (χ2v) is 8.66. The Balaban J connectivity index is 2.04. The molecule has 2 aromatic carbocycles. The van der Waals surface area contributed by atoms with Crippen molar-refractivity contribution in [2.75, 3.05) is 25.0 Å². The van der Waals surface area contributed by atoms with Crippen LogP contribution >= 0.6 is 0 Å². The molecule has 2 rings (SSSR count). The highest BCUT2D eigenvalue weighted by atomic mass is 32.2. The van der Waals surface area contributed by atoms with Gasteiger partial charge in [0.25, 0.3) is 5.91 Å². The molecule has 0 aliphatic heterocycles. The lowest BCUT2D eigenvalue weighted by Crippen LogP contribution is -2.30. The lowest BCUT2D eigenvalue weighted by atomic mass is 10.1. The van der Waals surface area contributed by atoms with Gasteiger partial charge in [-0.2, -0.15) is 4.31 Å². The molecule has 2 aromatic rings. The van der Waals surface area contributed by atoms with Gasteiger partial charge in [0.05, 0.1) is 10.5 Å². The van der Waals surface area contributed by atoms with E-state index in [1.54, 1.807) is 32.9 Å². The summed E-state index contributed by atoms with van der Waals surface area (Å²) < 4.78 is 31.9. The maximum absolute atomic E-state index is 12.5. The molecular formula is C22H28N2O5S. The van der Waals surface area contributed by atoms with Gasteiger partial charge >= 0.3 is 0 Å². The van der Waals surface area contributed by atoms with E-state index in [9.17, 15) is 18.0 Å². The van der Waals surface area contributed by atoms with Crippen LogP contribution in [0.15, 0.2) is 47.4 Å². The summed E-state index contributed by atoms with van der Waals surface area (Å²) in [7, 11) is -3.55. The lowest BCUT2D eigenvalue weighted by Gasteiger charge is -2.18. The second-order valence-electron chi connectivity index (χ2n) is 6.73. The number of nitrogens with zero attached hydrogens (tertiary/aromatic N) is 1. The first kappa shape index (κ1) is 23.6. The Bertz CT molecular complexity index is 997. The van der Waals surface area contributed by atoms with E-state index in [0.717, 1.165) is 5.56 Å². The predicted molar refractivity (Wildman–Crippen MR) is 116 cm³/mol. The zero-order chi connectivity index (χ0) is 22.3. The first-order valence-electron chi connectivity index (χ1n) is 9.89. The third kappa shape index (κ3) is 5.67. The Morgan fingerprint density at radius 2 is 1.63 bits per heavy atom. The molecule has 0 aromatic heterocycles. The van der Waals surface area contributed by atoms with Crippen LogP contribution < -0.4 is 10.1 Å². The number of ether oxygens (including phenoxy) is 1. The average molecular weight is 433 g/mol. The molecule has 30 heavy (non-hydrogen) atoms. The van der Waals surface area contributed by atoms with E-state index in [1.165, 1.54) is 28.6 Å². The molecule has 1 amide bonds. The van der Waals surface area contributed by atoms with Crippen molar-refractivity contribution in [2.45, 2.75) is 39.0 Å². The largest absolute Gasteiger partial charge is 0.483 e. The monoisotopic (exact) mass is 432 g/mol. The molecule has 7 nitrogen and oxygen atoms in total. The van der Waals surface area contributed by atoms with Crippen molar-refractivity contribution < 1.29 is 22.7 Å². The fourth-order valence-electron chi connectivity index (χ4n) is 2.94. The van der Waals surface area contributed by atoms with Crippen LogP contribution in [0, 0.1) is 6.92 Å². The quantitative estimate of drug-likeness (QED) is 0.579. The van der Waals surface area contributed by atoms with Crippen LogP contribution in [-0.4, -0.2) is 44.1 Å². The maximum Gasteiger partial charge on any atom is 0.262 e. The molecule has 0 unspecified atom stereocenters. The normalized spacial score (nSPS) is 11.4. The summed E-state index contributed by atoms with van der Waals surface area (Å²) in [4.78, 5) is 24.5. The SMILES string of the molecule is CCC(=O)c1cc(C)ccc1OCC(=O)Nc1ccc(S(=O)(=O)N(CC)CC)cc1. The Labute approximate surface area is 178 Å². The number of anilines is 1. The van der Waals surface area contributed by atoms with Gasteiger partial charge in [-0.05, 0) is 43.3 Å². The van der Waals surface area contributed by atoms with E-state index in [-0.39, 0.29) is 17.3 Å². The first-order valence-corrected chi connectivity index (χ1v) is 11.3. The zero-order valence-electron chi connectivity index (χ0n) is 17.8. The van der Waals surface area contributed by atoms with Crippen LogP contribution in [0.5, 0.6) is 5.75 Å². The predicted octanol–water partition coefficient (Wildman–Crippen LogP) is 3.64. The molecule has 0 bridgehead atoms. The maximum atomic E-state index is 12.5. The van der Waals surface area contributed by atoms with E-state index in [1.807, 2.05) is 13.0 Å². The third-order valence-corrected chi connectivity index (χ3v) is 6.66. The highest BCUT2D eigenvalue weighted by Gasteiger charge is 2.21. The van der Waals surface area contributed by atoms with E-state index < -0.39 is 15.9 Å². The minimum absolute atomic E-state index is 0.0564. The van der Waals surface area contributed by atoms with E-state index in [4.69, 9.17) is 4.74 Å². The number of aryl methyl sites for hydroxylation is 1. The van der Waals surface area contributed by atoms with Gasteiger partial charge in [-0.15, -0.1) is 0 Å². The fraction of sp³-hybridized carbons (Fsp3) is 0.364. The molecule has 0 atom stereocenters. The number of amides is 1. The zero-order valence-corrected chi connectivity index (χ0v) is 18.6. The van der Waals surface area contributed by atoms with Crippen LogP contribution in [0.1, 0.15) is 43.1 Å². The minimum Gasteiger partial charge on any atom is -0.483 e. The van der Waals surface area contributed by atoms with Crippen LogP contribution in [0.3, 0.4) is 0 Å². The lowest BCUT2D eigenvalue weighted by molar-refractivity contribution is -0.118. The first-order chi connectivity index (χ1) is 14.2. The molecule has 0 saturated carbocycles. The van der Waals surface area contributed by atoms with E-state index >= 15 is 0 Å². The molecule has 162 valence electrons. The van der Waals surface area contributed by atoms with Crippen molar-refractivity contribution in [3.63, 3.8) is 0 Å². The number of nitrogens with one attached hydrogen (secondary N) is 1. The standard InChI is InChI=1S/C22H28N2O5S/c1-5-20(25)19-14-16(4)8-13-21(19)29-15-22(26)23-17-9-11-18(12-10-17)30(27,28)24(6-2)7-3/h8-14H,5-7,15H2,1-4H3,(H,23,26). The number of ketones is 1. The topological polar surface area (TPSA) is 92.8 Å². The van der Waals surface area contributed by atoms with Crippen molar-refractivity contribution >= 4 is 27.4 Å². The highest BCUT2D eigenvalue weighted by molar-refractivity contribution is 7.89. The molecule has 0 heterocycles. The van der Waals surface area contributed by atoms with Gasteiger partial charge in [0.1, 0.15) is 5.75 Å². The van der Waals surface area contributed by atoms with Crippen molar-refractivity contribution in [1.82, 2.24) is 4.31 Å². The number of sulfonamides is 1. The number of carbonyl (C=O) groups excluding carboxylic acids is 2. The van der Waals surface area contributed by atoms with E-state index in [0.29, 0.717) is 36.5 Å². The van der Waals surface area contributed by atoms with Gasteiger partial charge in [0.2, 0.25) is 10.0 Å². The Kier molecular flexibility index (Phi) is 8.14. The molecular weight excluding hydrogens is 404 g/mol. The Hall–Kier alpha value is -2.71. The van der Waals surface area contributed by atoms with Crippen LogP contribution in [-0.2, 0) is 14.8 Å². The molecule has 0 saturated heterocycles. The average Bonchev–Trinajstić information content (AvgIpc) is 2.73. The van der Waals surface area contributed by atoms with Gasteiger partial charge in [0, 0.05) is 25.2 Å². The number of Topliss-reactive ketones (excluding diaryl/α,β-unsaturated/α-hetero) is 1. The summed E-state index contributed by atoms with van der Waals surface area (Å²) >= 11 is 0. The van der Waals surface area contributed by atoms with Gasteiger partial charge < -0.3 is 10.1 Å². The number of hydrogen-bond donors (Lipinski definition) is 1. The number of rotatable bonds is 10. The number of benzene rings is 2. The molecule has 1 N–H and O–H groups in total. The van der Waals surface area contributed by atoms with Crippen molar-refractivity contribution in [3.8, 4) is 5.75 Å². The molecule has 0 aliphatic rings. The fourth-order valence-corrected chi connectivity index (χ4v) is 4.40. The number of carbonyl (C=O) groups is 2. The van der Waals surface area contributed by atoms with Crippen molar-refractivity contribution in [2.24, 2.45) is 0 Å². The third-order valence-electron chi connectivity index (χ3n) is 4.60. The molecule has 0 aliphatic carbocycles. The smallest absolute Gasteiger partial charge is 0.262 e. The molecule has 0 spiro atoms. The Morgan fingerprint density at radius 3 is 2.20 bits per heavy atom. The van der Waals surface area contributed by atoms with Crippen LogP contribution in [0.4, 0.5) is 5.69 Å². The van der Waals surface area contributed by atoms with Gasteiger partial charge in [-0.25, -0.2) is 8.42 Å². The van der Waals surface area contributed by atoms with Gasteiger partial charge in [-0.3, -0.25) is 9.59 Å². The highest BCUT2D eigenvalue weighted by Crippen LogP contribution is 2.22. The minimum atomic E-state index is -3.55. The van der Waals surface area contributed by atoms with Gasteiger partial charge in [-0.1, -0.05) is 32.4 Å². The second kappa shape index (κ2) is 10.4. The molecule has 8 heteroatoms.